The monoisotopic (exact) mass is 409 g/mol. The number of nitrogens with zero attached hydrogens (tertiary/aromatic N) is 4. The SMILES string of the molecule is CC(=O)N[C@@H]1CN(c2cc(-c3ccc(Cl)cc3)nc(-c3cccnc3)n2)C[C@@H]1O. The first-order valence-corrected chi connectivity index (χ1v) is 9.63. The number of β-amino-alcohol motifs (C(OH)–C–C–N with tert-alkyl or cyclic N) is 1. The molecule has 4 rings (SSSR count). The van der Waals surface area contributed by atoms with Crippen LogP contribution in [-0.2, 0) is 4.79 Å². The summed E-state index contributed by atoms with van der Waals surface area (Å²) in [4.78, 5) is 26.9. The Kier molecular flexibility index (Phi) is 5.42. The highest BCUT2D eigenvalue weighted by Gasteiger charge is 2.33. The van der Waals surface area contributed by atoms with E-state index in [2.05, 4.69) is 10.3 Å². The number of pyridine rings is 1. The Bertz CT molecular complexity index is 1010. The average Bonchev–Trinajstić information content (AvgIpc) is 3.08. The molecule has 0 saturated carbocycles. The molecule has 1 amide bonds. The maximum atomic E-state index is 11.4. The number of carbonyl (C=O) groups is 1. The summed E-state index contributed by atoms with van der Waals surface area (Å²) in [5, 5.41) is 13.8. The van der Waals surface area contributed by atoms with E-state index in [1.807, 2.05) is 47.4 Å². The second-order valence-corrected chi connectivity index (χ2v) is 7.40. The molecule has 0 unspecified atom stereocenters. The van der Waals surface area contributed by atoms with E-state index in [0.717, 1.165) is 16.8 Å². The van der Waals surface area contributed by atoms with Crippen LogP contribution in [0.4, 0.5) is 5.82 Å². The Morgan fingerprint density at radius 2 is 1.97 bits per heavy atom. The Balaban J connectivity index is 1.74. The smallest absolute Gasteiger partial charge is 0.217 e. The standard InChI is InChI=1S/C21H20ClN5O2/c1-13(28)24-18-11-27(12-19(18)29)20-9-17(14-4-6-16(22)7-5-14)25-21(26-20)15-3-2-8-23-10-15/h2-10,18-19,29H,11-12H2,1H3,(H,24,28)/t18-,19+/m1/s1. The molecule has 0 radical (unpaired) electrons. The minimum absolute atomic E-state index is 0.170. The zero-order chi connectivity index (χ0) is 20.4. The molecule has 2 N–H and O–H groups in total. The van der Waals surface area contributed by atoms with Crippen LogP contribution in [0.5, 0.6) is 0 Å². The summed E-state index contributed by atoms with van der Waals surface area (Å²) in [5.74, 6) is 1.05. The van der Waals surface area contributed by atoms with Crippen LogP contribution >= 0.6 is 11.6 Å². The molecule has 8 heteroatoms. The van der Waals surface area contributed by atoms with Crippen LogP contribution in [0.25, 0.3) is 22.6 Å². The number of aromatic nitrogens is 3. The zero-order valence-corrected chi connectivity index (χ0v) is 16.5. The maximum absolute atomic E-state index is 11.4. The van der Waals surface area contributed by atoms with Gasteiger partial charge in [-0.1, -0.05) is 23.7 Å². The molecule has 2 aromatic heterocycles. The van der Waals surface area contributed by atoms with Crippen molar-refractivity contribution in [1.29, 1.82) is 0 Å². The number of hydrogen-bond acceptors (Lipinski definition) is 6. The summed E-state index contributed by atoms with van der Waals surface area (Å²) in [5.41, 5.74) is 2.44. The molecule has 1 saturated heterocycles. The number of halogens is 1. The highest BCUT2D eigenvalue weighted by molar-refractivity contribution is 6.30. The molecule has 1 aliphatic heterocycles. The van der Waals surface area contributed by atoms with Gasteiger partial charge in [-0.05, 0) is 24.3 Å². The number of amides is 1. The molecular weight excluding hydrogens is 390 g/mol. The number of rotatable bonds is 4. The van der Waals surface area contributed by atoms with E-state index in [1.165, 1.54) is 6.92 Å². The van der Waals surface area contributed by atoms with Gasteiger partial charge >= 0.3 is 0 Å². The largest absolute Gasteiger partial charge is 0.389 e. The lowest BCUT2D eigenvalue weighted by Crippen LogP contribution is -2.41. The van der Waals surface area contributed by atoms with Crippen molar-refractivity contribution in [3.8, 4) is 22.6 Å². The van der Waals surface area contributed by atoms with Crippen molar-refractivity contribution in [3.63, 3.8) is 0 Å². The Morgan fingerprint density at radius 3 is 2.66 bits per heavy atom. The van der Waals surface area contributed by atoms with Gasteiger partial charge in [0.25, 0.3) is 0 Å². The maximum Gasteiger partial charge on any atom is 0.217 e. The topological polar surface area (TPSA) is 91.2 Å². The number of aliphatic hydroxyl groups excluding tert-OH is 1. The van der Waals surface area contributed by atoms with Crippen molar-refractivity contribution in [2.45, 2.75) is 19.1 Å². The molecular formula is C21H20ClN5O2. The number of carbonyl (C=O) groups excluding carboxylic acids is 1. The van der Waals surface area contributed by atoms with Crippen LogP contribution in [-0.4, -0.2) is 51.2 Å². The number of benzene rings is 1. The Hall–Kier alpha value is -3.03. The van der Waals surface area contributed by atoms with Gasteiger partial charge in [0, 0.05) is 54.6 Å². The van der Waals surface area contributed by atoms with Gasteiger partial charge in [0.15, 0.2) is 5.82 Å². The van der Waals surface area contributed by atoms with Gasteiger partial charge in [-0.15, -0.1) is 0 Å². The molecule has 29 heavy (non-hydrogen) atoms. The fraction of sp³-hybridized carbons (Fsp3) is 0.238. The number of aliphatic hydroxyl groups is 1. The van der Waals surface area contributed by atoms with E-state index in [9.17, 15) is 9.90 Å². The van der Waals surface area contributed by atoms with Gasteiger partial charge in [-0.2, -0.15) is 0 Å². The van der Waals surface area contributed by atoms with Gasteiger partial charge in [-0.3, -0.25) is 9.78 Å². The van der Waals surface area contributed by atoms with Crippen LogP contribution < -0.4 is 10.2 Å². The second kappa shape index (κ2) is 8.14. The lowest BCUT2D eigenvalue weighted by molar-refractivity contribution is -0.120. The molecule has 2 atom stereocenters. The van der Waals surface area contributed by atoms with E-state index < -0.39 is 6.10 Å². The summed E-state index contributed by atoms with van der Waals surface area (Å²) in [6.07, 6.45) is 2.74. The highest BCUT2D eigenvalue weighted by atomic mass is 35.5. The third kappa shape index (κ3) is 4.36. The van der Waals surface area contributed by atoms with Crippen LogP contribution in [0.15, 0.2) is 54.9 Å². The molecule has 7 nitrogen and oxygen atoms in total. The highest BCUT2D eigenvalue weighted by Crippen LogP contribution is 2.28. The minimum Gasteiger partial charge on any atom is -0.389 e. The van der Waals surface area contributed by atoms with Gasteiger partial charge < -0.3 is 15.3 Å². The van der Waals surface area contributed by atoms with Crippen LogP contribution in [0.2, 0.25) is 5.02 Å². The Morgan fingerprint density at radius 1 is 1.17 bits per heavy atom. The van der Waals surface area contributed by atoms with Crippen molar-refractivity contribution in [2.24, 2.45) is 0 Å². The normalized spacial score (nSPS) is 18.7. The molecule has 0 aliphatic carbocycles. The predicted octanol–water partition coefficient (Wildman–Crippen LogP) is 2.54. The van der Waals surface area contributed by atoms with E-state index in [4.69, 9.17) is 21.6 Å². The van der Waals surface area contributed by atoms with E-state index in [0.29, 0.717) is 29.8 Å². The summed E-state index contributed by atoms with van der Waals surface area (Å²) in [7, 11) is 0. The van der Waals surface area contributed by atoms with Crippen molar-refractivity contribution >= 4 is 23.3 Å². The molecule has 0 bridgehead atoms. The molecule has 1 fully saturated rings. The predicted molar refractivity (Wildman–Crippen MR) is 112 cm³/mol. The summed E-state index contributed by atoms with van der Waals surface area (Å²) in [6.45, 7) is 2.28. The van der Waals surface area contributed by atoms with Crippen molar-refractivity contribution in [2.75, 3.05) is 18.0 Å². The molecule has 1 aromatic carbocycles. The quantitative estimate of drug-likeness (QED) is 0.688. The van der Waals surface area contributed by atoms with Gasteiger partial charge in [-0.25, -0.2) is 9.97 Å². The third-order valence-electron chi connectivity index (χ3n) is 4.77. The van der Waals surface area contributed by atoms with Gasteiger partial charge in [0.05, 0.1) is 17.8 Å². The van der Waals surface area contributed by atoms with E-state index in [-0.39, 0.29) is 11.9 Å². The molecule has 3 aromatic rings. The zero-order valence-electron chi connectivity index (χ0n) is 15.8. The number of nitrogens with one attached hydrogen (secondary N) is 1. The van der Waals surface area contributed by atoms with Crippen LogP contribution in [0.1, 0.15) is 6.92 Å². The van der Waals surface area contributed by atoms with Crippen LogP contribution in [0, 0.1) is 0 Å². The minimum atomic E-state index is -0.672. The van der Waals surface area contributed by atoms with E-state index >= 15 is 0 Å². The number of anilines is 1. The van der Waals surface area contributed by atoms with Crippen LogP contribution in [0.3, 0.4) is 0 Å². The molecule has 0 spiro atoms. The fourth-order valence-corrected chi connectivity index (χ4v) is 3.49. The molecule has 148 valence electrons. The van der Waals surface area contributed by atoms with Gasteiger partial charge in [0.2, 0.25) is 5.91 Å². The first-order chi connectivity index (χ1) is 14.0. The molecule has 1 aliphatic rings. The number of hydrogen-bond donors (Lipinski definition) is 2. The molecule has 3 heterocycles. The first-order valence-electron chi connectivity index (χ1n) is 9.25. The third-order valence-corrected chi connectivity index (χ3v) is 5.03. The van der Waals surface area contributed by atoms with Crippen molar-refractivity contribution in [3.05, 3.63) is 59.9 Å². The second-order valence-electron chi connectivity index (χ2n) is 6.96. The van der Waals surface area contributed by atoms with Crippen molar-refractivity contribution in [1.82, 2.24) is 20.3 Å². The van der Waals surface area contributed by atoms with E-state index in [1.54, 1.807) is 12.4 Å². The summed E-state index contributed by atoms with van der Waals surface area (Å²) in [6, 6.07) is 12.7. The lowest BCUT2D eigenvalue weighted by Gasteiger charge is -2.19. The summed E-state index contributed by atoms with van der Waals surface area (Å²) < 4.78 is 0. The van der Waals surface area contributed by atoms with Crippen molar-refractivity contribution < 1.29 is 9.90 Å². The fourth-order valence-electron chi connectivity index (χ4n) is 3.37. The summed E-state index contributed by atoms with van der Waals surface area (Å²) >= 11 is 6.02. The first kappa shape index (κ1) is 19.3. The Labute approximate surface area is 173 Å². The average molecular weight is 410 g/mol. The van der Waals surface area contributed by atoms with Gasteiger partial charge in [0.1, 0.15) is 5.82 Å². The lowest BCUT2D eigenvalue weighted by atomic mass is 10.1.